The van der Waals surface area contributed by atoms with Crippen molar-refractivity contribution in [1.82, 2.24) is 9.99 Å². The molecule has 1 aromatic heterocycles. The summed E-state index contributed by atoms with van der Waals surface area (Å²) in [5.41, 5.74) is 3.23. The van der Waals surface area contributed by atoms with Gasteiger partial charge in [-0.25, -0.2) is 5.01 Å². The van der Waals surface area contributed by atoms with Gasteiger partial charge in [0.1, 0.15) is 5.75 Å². The van der Waals surface area contributed by atoms with E-state index in [-0.39, 0.29) is 11.9 Å². The molecule has 1 amide bonds. The molecule has 1 atom stereocenters. The highest BCUT2D eigenvalue weighted by molar-refractivity contribution is 9.10. The van der Waals surface area contributed by atoms with Gasteiger partial charge in [0.25, 0.3) is 5.91 Å². The summed E-state index contributed by atoms with van der Waals surface area (Å²) in [5, 5.41) is 6.87. The van der Waals surface area contributed by atoms with E-state index in [9.17, 15) is 4.79 Å². The third-order valence-electron chi connectivity index (χ3n) is 4.75. The second kappa shape index (κ2) is 8.35. The van der Waals surface area contributed by atoms with Crippen molar-refractivity contribution in [2.24, 2.45) is 5.10 Å². The summed E-state index contributed by atoms with van der Waals surface area (Å²) in [6.07, 6.45) is 3.79. The fourth-order valence-electron chi connectivity index (χ4n) is 3.26. The number of benzene rings is 2. The van der Waals surface area contributed by atoms with Crippen LogP contribution in [0.25, 0.3) is 0 Å². The lowest BCUT2D eigenvalue weighted by Crippen LogP contribution is -2.27. The van der Waals surface area contributed by atoms with Crippen LogP contribution < -0.4 is 4.74 Å². The Bertz CT molecular complexity index is 1070. The van der Waals surface area contributed by atoms with Crippen molar-refractivity contribution in [2.75, 3.05) is 7.11 Å². The minimum atomic E-state index is -0.226. The highest BCUT2D eigenvalue weighted by Gasteiger charge is 2.33. The van der Waals surface area contributed by atoms with E-state index in [2.05, 4.69) is 26.0 Å². The number of nitrogens with zero attached hydrogens (tertiary/aromatic N) is 3. The highest BCUT2D eigenvalue weighted by atomic mass is 79.9. The summed E-state index contributed by atoms with van der Waals surface area (Å²) >= 11 is 9.42. The molecule has 1 unspecified atom stereocenters. The molecule has 0 bridgehead atoms. The molecule has 7 heteroatoms. The normalized spacial score (nSPS) is 15.9. The van der Waals surface area contributed by atoms with Crippen molar-refractivity contribution in [1.29, 1.82) is 0 Å². The van der Waals surface area contributed by atoms with Gasteiger partial charge in [-0.1, -0.05) is 23.7 Å². The van der Waals surface area contributed by atoms with Gasteiger partial charge in [-0.15, -0.1) is 0 Å². The predicted octanol–water partition coefficient (Wildman–Crippen LogP) is 5.50. The van der Waals surface area contributed by atoms with Gasteiger partial charge in [0.2, 0.25) is 0 Å². The zero-order valence-electron chi connectivity index (χ0n) is 15.5. The second-order valence-electron chi connectivity index (χ2n) is 6.59. The third-order valence-corrected chi connectivity index (χ3v) is 5.43. The van der Waals surface area contributed by atoms with Crippen LogP contribution in [0.1, 0.15) is 33.9 Å². The zero-order chi connectivity index (χ0) is 20.4. The molecule has 5 nitrogen and oxygen atoms in total. The van der Waals surface area contributed by atoms with Crippen LogP contribution in [0, 0.1) is 0 Å². The first-order valence-electron chi connectivity index (χ1n) is 8.96. The fourth-order valence-corrected chi connectivity index (χ4v) is 3.75. The Labute approximate surface area is 182 Å². The average molecular weight is 471 g/mol. The molecule has 0 fully saturated rings. The average Bonchev–Trinajstić information content (AvgIpc) is 3.19. The molecule has 0 saturated carbocycles. The Hall–Kier alpha value is -2.70. The molecule has 2 heterocycles. The van der Waals surface area contributed by atoms with Crippen LogP contribution in [0.4, 0.5) is 0 Å². The number of methoxy groups -OCH3 is 1. The predicted molar refractivity (Wildman–Crippen MR) is 116 cm³/mol. The van der Waals surface area contributed by atoms with Crippen molar-refractivity contribution in [3.63, 3.8) is 0 Å². The first kappa shape index (κ1) is 19.6. The van der Waals surface area contributed by atoms with E-state index >= 15 is 0 Å². The lowest BCUT2D eigenvalue weighted by atomic mass is 9.98. The van der Waals surface area contributed by atoms with Crippen molar-refractivity contribution >= 4 is 39.1 Å². The second-order valence-corrected chi connectivity index (χ2v) is 7.94. The van der Waals surface area contributed by atoms with E-state index in [0.29, 0.717) is 17.0 Å². The number of aromatic nitrogens is 1. The Kier molecular flexibility index (Phi) is 5.65. The Morgan fingerprint density at radius 2 is 1.86 bits per heavy atom. The fraction of sp³-hybridized carbons (Fsp3) is 0.136. The van der Waals surface area contributed by atoms with Gasteiger partial charge in [0.05, 0.1) is 24.4 Å². The molecule has 0 saturated heterocycles. The number of hydrogen-bond donors (Lipinski definition) is 0. The number of rotatable bonds is 4. The monoisotopic (exact) mass is 469 g/mol. The Morgan fingerprint density at radius 3 is 2.52 bits per heavy atom. The van der Waals surface area contributed by atoms with Gasteiger partial charge in [-0.2, -0.15) is 5.10 Å². The summed E-state index contributed by atoms with van der Waals surface area (Å²) in [6.45, 7) is 0. The number of amides is 1. The molecule has 0 spiro atoms. The van der Waals surface area contributed by atoms with E-state index in [4.69, 9.17) is 16.3 Å². The molecule has 1 aliphatic rings. The number of carbonyl (C=O) groups excluding carboxylic acids is 1. The number of hydrogen-bond acceptors (Lipinski definition) is 4. The van der Waals surface area contributed by atoms with E-state index < -0.39 is 0 Å². The van der Waals surface area contributed by atoms with Crippen molar-refractivity contribution in [3.8, 4) is 5.75 Å². The Balaban J connectivity index is 1.72. The van der Waals surface area contributed by atoms with Crippen molar-refractivity contribution in [2.45, 2.75) is 12.5 Å². The maximum absolute atomic E-state index is 13.2. The summed E-state index contributed by atoms with van der Waals surface area (Å²) in [4.78, 5) is 17.3. The molecular weight excluding hydrogens is 454 g/mol. The van der Waals surface area contributed by atoms with Crippen LogP contribution in [-0.2, 0) is 0 Å². The number of hydrazone groups is 1. The minimum Gasteiger partial charge on any atom is -0.497 e. The molecule has 0 radical (unpaired) electrons. The third kappa shape index (κ3) is 4.18. The largest absolute Gasteiger partial charge is 0.497 e. The van der Waals surface area contributed by atoms with Crippen LogP contribution in [0.5, 0.6) is 5.75 Å². The van der Waals surface area contributed by atoms with Crippen LogP contribution >= 0.6 is 27.5 Å². The van der Waals surface area contributed by atoms with E-state index in [1.54, 1.807) is 25.6 Å². The molecule has 146 valence electrons. The molecular formula is C22H17BrClN3O2. The van der Waals surface area contributed by atoms with Gasteiger partial charge in [0, 0.05) is 28.3 Å². The molecule has 3 aromatic rings. The van der Waals surface area contributed by atoms with Crippen LogP contribution in [-0.4, -0.2) is 28.7 Å². The van der Waals surface area contributed by atoms with Crippen molar-refractivity contribution < 1.29 is 9.53 Å². The summed E-state index contributed by atoms with van der Waals surface area (Å²) in [7, 11) is 1.63. The van der Waals surface area contributed by atoms with Gasteiger partial charge in [0.15, 0.2) is 0 Å². The Morgan fingerprint density at radius 1 is 1.14 bits per heavy atom. The quantitative estimate of drug-likeness (QED) is 0.506. The lowest BCUT2D eigenvalue weighted by molar-refractivity contribution is 0.0710. The van der Waals surface area contributed by atoms with Gasteiger partial charge in [-0.05, 0) is 69.5 Å². The van der Waals surface area contributed by atoms with Crippen LogP contribution in [0.3, 0.4) is 0 Å². The number of carbonyl (C=O) groups is 1. The number of halogens is 2. The number of ether oxygens (including phenoxy) is 1. The molecule has 1 aliphatic heterocycles. The summed E-state index contributed by atoms with van der Waals surface area (Å²) < 4.78 is 5.97. The van der Waals surface area contributed by atoms with E-state index in [1.165, 1.54) is 5.01 Å². The van der Waals surface area contributed by atoms with E-state index in [0.717, 1.165) is 27.1 Å². The SMILES string of the molecule is COc1ccc(C2=NN(C(=O)c3cncc(Br)c3)C(c3ccc(Cl)cc3)C2)cc1. The highest BCUT2D eigenvalue weighted by Crippen LogP contribution is 2.35. The lowest BCUT2D eigenvalue weighted by Gasteiger charge is -2.22. The molecule has 4 rings (SSSR count). The molecule has 2 aromatic carbocycles. The molecule has 29 heavy (non-hydrogen) atoms. The smallest absolute Gasteiger partial charge is 0.276 e. The number of pyridine rings is 1. The minimum absolute atomic E-state index is 0.206. The standard InChI is InChI=1S/C22H17BrClN3O2/c1-29-19-8-4-14(5-9-19)20-11-21(15-2-6-18(24)7-3-15)27(26-20)22(28)16-10-17(23)13-25-12-16/h2-10,12-13,21H,11H2,1H3. The first-order chi connectivity index (χ1) is 14.0. The van der Waals surface area contributed by atoms with Gasteiger partial charge in [-0.3, -0.25) is 9.78 Å². The first-order valence-corrected chi connectivity index (χ1v) is 10.1. The zero-order valence-corrected chi connectivity index (χ0v) is 17.9. The molecule has 0 N–H and O–H groups in total. The van der Waals surface area contributed by atoms with Crippen LogP contribution in [0.15, 0.2) is 76.6 Å². The topological polar surface area (TPSA) is 54.8 Å². The molecule has 0 aliphatic carbocycles. The summed E-state index contributed by atoms with van der Waals surface area (Å²) in [6, 6.07) is 16.7. The van der Waals surface area contributed by atoms with E-state index in [1.807, 2.05) is 48.5 Å². The van der Waals surface area contributed by atoms with Gasteiger partial charge < -0.3 is 4.74 Å². The van der Waals surface area contributed by atoms with Gasteiger partial charge >= 0.3 is 0 Å². The van der Waals surface area contributed by atoms with Crippen LogP contribution in [0.2, 0.25) is 5.02 Å². The summed E-state index contributed by atoms with van der Waals surface area (Å²) in [5.74, 6) is 0.567. The van der Waals surface area contributed by atoms with Crippen molar-refractivity contribution in [3.05, 3.63) is 93.2 Å². The maximum atomic E-state index is 13.2. The maximum Gasteiger partial charge on any atom is 0.276 e.